The molecule has 3 rings (SSSR count). The van der Waals surface area contributed by atoms with Crippen LogP contribution in [0.3, 0.4) is 0 Å². The Morgan fingerprint density at radius 2 is 2.38 bits per heavy atom. The average Bonchev–Trinajstić information content (AvgIpc) is 3.27. The van der Waals surface area contributed by atoms with Crippen molar-refractivity contribution in [2.75, 3.05) is 19.6 Å². The first-order chi connectivity index (χ1) is 11.7. The summed E-state index contributed by atoms with van der Waals surface area (Å²) in [5.41, 5.74) is 1.16. The number of carbonyl (C=O) groups excluding carboxylic acids is 1. The Kier molecular flexibility index (Phi) is 5.59. The molecule has 0 saturated carbocycles. The van der Waals surface area contributed by atoms with E-state index < -0.39 is 5.82 Å². The Bertz CT molecular complexity index is 666. The van der Waals surface area contributed by atoms with E-state index in [4.69, 9.17) is 0 Å². The Hall–Kier alpha value is -2.21. The first kappa shape index (κ1) is 16.6. The van der Waals surface area contributed by atoms with E-state index in [1.54, 1.807) is 24.7 Å². The second-order valence-electron chi connectivity index (χ2n) is 6.29. The number of nitrogens with zero attached hydrogens (tertiary/aromatic N) is 2. The maximum absolute atomic E-state index is 14.0. The van der Waals surface area contributed by atoms with E-state index in [9.17, 15) is 9.18 Å². The Morgan fingerprint density at radius 1 is 1.46 bits per heavy atom. The number of aryl methyl sites for hydroxylation is 1. The molecule has 0 bridgehead atoms. The van der Waals surface area contributed by atoms with Gasteiger partial charge in [0.15, 0.2) is 0 Å². The van der Waals surface area contributed by atoms with Crippen molar-refractivity contribution in [1.82, 2.24) is 20.2 Å². The third-order valence-corrected chi connectivity index (χ3v) is 4.40. The maximum Gasteiger partial charge on any atom is 0.254 e. The number of benzene rings is 1. The van der Waals surface area contributed by atoms with Crippen LogP contribution in [-0.4, -0.2) is 35.1 Å². The molecule has 1 aliphatic heterocycles. The van der Waals surface area contributed by atoms with Crippen molar-refractivity contribution < 1.29 is 9.18 Å². The van der Waals surface area contributed by atoms with Gasteiger partial charge >= 0.3 is 0 Å². The van der Waals surface area contributed by atoms with Gasteiger partial charge in [0.05, 0.1) is 11.9 Å². The first-order valence-corrected chi connectivity index (χ1v) is 8.45. The number of carbonyl (C=O) groups is 1. The molecule has 1 atom stereocenters. The number of rotatable bonds is 7. The lowest BCUT2D eigenvalue weighted by Gasteiger charge is -2.11. The summed E-state index contributed by atoms with van der Waals surface area (Å²) in [5, 5.41) is 6.13. The molecule has 1 aromatic heterocycles. The summed E-state index contributed by atoms with van der Waals surface area (Å²) in [6.07, 6.45) is 8.13. The molecule has 24 heavy (non-hydrogen) atoms. The average molecular weight is 330 g/mol. The zero-order chi connectivity index (χ0) is 16.8. The number of halogens is 1. The van der Waals surface area contributed by atoms with Crippen LogP contribution < -0.4 is 10.6 Å². The molecule has 5 nitrogen and oxygen atoms in total. The van der Waals surface area contributed by atoms with Crippen molar-refractivity contribution in [3.8, 4) is 0 Å². The molecule has 2 N–H and O–H groups in total. The zero-order valence-corrected chi connectivity index (χ0v) is 13.7. The second-order valence-corrected chi connectivity index (χ2v) is 6.29. The van der Waals surface area contributed by atoms with E-state index in [0.717, 1.165) is 44.5 Å². The number of imidazole rings is 1. The van der Waals surface area contributed by atoms with Crippen molar-refractivity contribution in [2.24, 2.45) is 5.92 Å². The Morgan fingerprint density at radius 3 is 3.12 bits per heavy atom. The molecule has 1 aliphatic rings. The van der Waals surface area contributed by atoms with E-state index in [1.807, 2.05) is 10.8 Å². The van der Waals surface area contributed by atoms with Gasteiger partial charge in [-0.15, -0.1) is 0 Å². The predicted molar refractivity (Wildman–Crippen MR) is 90.3 cm³/mol. The quantitative estimate of drug-likeness (QED) is 0.764. The number of hydrogen-bond donors (Lipinski definition) is 2. The molecule has 1 amide bonds. The predicted octanol–water partition coefficient (Wildman–Crippen LogP) is 1.99. The van der Waals surface area contributed by atoms with Crippen molar-refractivity contribution in [3.63, 3.8) is 0 Å². The van der Waals surface area contributed by atoms with Gasteiger partial charge in [-0.1, -0.05) is 6.07 Å². The van der Waals surface area contributed by atoms with E-state index in [1.165, 1.54) is 6.07 Å². The fraction of sp³-hybridized carbons (Fsp3) is 0.444. The molecule has 1 aromatic carbocycles. The van der Waals surface area contributed by atoms with Gasteiger partial charge in [0.2, 0.25) is 0 Å². The second kappa shape index (κ2) is 8.06. The van der Waals surface area contributed by atoms with E-state index in [0.29, 0.717) is 12.5 Å². The van der Waals surface area contributed by atoms with E-state index in [2.05, 4.69) is 15.6 Å². The number of aromatic nitrogens is 2. The number of amides is 1. The van der Waals surface area contributed by atoms with Gasteiger partial charge < -0.3 is 15.2 Å². The van der Waals surface area contributed by atoms with Crippen LogP contribution in [0.1, 0.15) is 28.8 Å². The fourth-order valence-electron chi connectivity index (χ4n) is 3.07. The van der Waals surface area contributed by atoms with Gasteiger partial charge in [0.1, 0.15) is 5.82 Å². The molecule has 0 aliphatic carbocycles. The van der Waals surface area contributed by atoms with Crippen LogP contribution >= 0.6 is 0 Å². The highest BCUT2D eigenvalue weighted by Gasteiger charge is 2.17. The smallest absolute Gasteiger partial charge is 0.254 e. The normalized spacial score (nSPS) is 17.1. The first-order valence-electron chi connectivity index (χ1n) is 8.45. The minimum atomic E-state index is -0.463. The van der Waals surface area contributed by atoms with Gasteiger partial charge in [0.25, 0.3) is 5.91 Å². The summed E-state index contributed by atoms with van der Waals surface area (Å²) >= 11 is 0. The highest BCUT2D eigenvalue weighted by atomic mass is 19.1. The van der Waals surface area contributed by atoms with Crippen LogP contribution in [0.15, 0.2) is 36.9 Å². The third kappa shape index (κ3) is 4.41. The summed E-state index contributed by atoms with van der Waals surface area (Å²) in [4.78, 5) is 16.2. The summed E-state index contributed by atoms with van der Waals surface area (Å²) in [7, 11) is 0. The van der Waals surface area contributed by atoms with E-state index in [-0.39, 0.29) is 11.5 Å². The lowest BCUT2D eigenvalue weighted by atomic mass is 9.97. The summed E-state index contributed by atoms with van der Waals surface area (Å²) in [5.74, 6) is -0.235. The topological polar surface area (TPSA) is 59.0 Å². The molecule has 2 heterocycles. The van der Waals surface area contributed by atoms with Crippen LogP contribution in [0, 0.1) is 11.7 Å². The molecule has 0 radical (unpaired) electrons. The molecule has 128 valence electrons. The SMILES string of the molecule is O=C(NCCCn1ccnc1)c1cc(CC2CCNC2)ccc1F. The van der Waals surface area contributed by atoms with Gasteiger partial charge in [-0.05, 0) is 56.0 Å². The molecule has 1 unspecified atom stereocenters. The highest BCUT2D eigenvalue weighted by molar-refractivity contribution is 5.94. The van der Waals surface area contributed by atoms with E-state index >= 15 is 0 Å². The number of hydrogen-bond acceptors (Lipinski definition) is 3. The molecule has 0 spiro atoms. The van der Waals surface area contributed by atoms with Crippen molar-refractivity contribution in [2.45, 2.75) is 25.8 Å². The van der Waals surface area contributed by atoms with Gasteiger partial charge in [0, 0.05) is 25.5 Å². The van der Waals surface area contributed by atoms with Gasteiger partial charge in [-0.2, -0.15) is 0 Å². The van der Waals surface area contributed by atoms with Crippen molar-refractivity contribution in [3.05, 3.63) is 53.9 Å². The van der Waals surface area contributed by atoms with Crippen LogP contribution in [-0.2, 0) is 13.0 Å². The zero-order valence-electron chi connectivity index (χ0n) is 13.7. The monoisotopic (exact) mass is 330 g/mol. The molecule has 2 aromatic rings. The number of nitrogens with one attached hydrogen (secondary N) is 2. The summed E-state index contributed by atoms with van der Waals surface area (Å²) in [6.45, 7) is 3.31. The summed E-state index contributed by atoms with van der Waals surface area (Å²) < 4.78 is 15.9. The fourth-order valence-corrected chi connectivity index (χ4v) is 3.07. The lowest BCUT2D eigenvalue weighted by Crippen LogP contribution is -2.26. The third-order valence-electron chi connectivity index (χ3n) is 4.40. The van der Waals surface area contributed by atoms with Crippen molar-refractivity contribution in [1.29, 1.82) is 0 Å². The molecule has 6 heteroatoms. The highest BCUT2D eigenvalue weighted by Crippen LogP contribution is 2.18. The lowest BCUT2D eigenvalue weighted by molar-refractivity contribution is 0.0948. The maximum atomic E-state index is 14.0. The van der Waals surface area contributed by atoms with Crippen LogP contribution in [0.25, 0.3) is 0 Å². The standard InChI is InChI=1S/C18H23FN4O/c19-17-3-2-14(10-15-4-6-20-12-15)11-16(17)18(24)22-5-1-8-23-9-7-21-13-23/h2-3,7,9,11,13,15,20H,1,4-6,8,10,12H2,(H,22,24). The minimum absolute atomic E-state index is 0.140. The summed E-state index contributed by atoms with van der Waals surface area (Å²) in [6, 6.07) is 4.88. The van der Waals surface area contributed by atoms with Crippen LogP contribution in [0.4, 0.5) is 4.39 Å². The molecular formula is C18H23FN4O. The van der Waals surface area contributed by atoms with Gasteiger partial charge in [-0.3, -0.25) is 4.79 Å². The van der Waals surface area contributed by atoms with Crippen LogP contribution in [0.5, 0.6) is 0 Å². The van der Waals surface area contributed by atoms with Crippen molar-refractivity contribution >= 4 is 5.91 Å². The molecule has 1 fully saturated rings. The van der Waals surface area contributed by atoms with Crippen LogP contribution in [0.2, 0.25) is 0 Å². The molecular weight excluding hydrogens is 307 g/mol. The minimum Gasteiger partial charge on any atom is -0.352 e. The Labute approximate surface area is 141 Å². The largest absolute Gasteiger partial charge is 0.352 e. The van der Waals surface area contributed by atoms with Gasteiger partial charge in [-0.25, -0.2) is 9.37 Å². The molecule has 1 saturated heterocycles. The Balaban J connectivity index is 1.52.